The molecule has 6 nitrogen and oxygen atoms in total. The molecule has 18 heavy (non-hydrogen) atoms. The molecule has 0 atom stereocenters. The number of carbonyl (C=O) groups excluding carboxylic acids is 1. The molecule has 1 aliphatic carbocycles. The molecule has 2 rings (SSSR count). The highest BCUT2D eigenvalue weighted by Gasteiger charge is 2.28. The highest BCUT2D eigenvalue weighted by Crippen LogP contribution is 2.30. The molecule has 1 aromatic rings. The van der Waals surface area contributed by atoms with Crippen LogP contribution < -0.4 is 0 Å². The van der Waals surface area contributed by atoms with Crippen molar-refractivity contribution >= 4 is 11.8 Å². The second-order valence-corrected chi connectivity index (χ2v) is 4.23. The maximum atomic E-state index is 12.0. The topological polar surface area (TPSA) is 76.6 Å². The lowest BCUT2D eigenvalue weighted by atomic mass is 10.3. The summed E-state index contributed by atoms with van der Waals surface area (Å²) in [5.41, 5.74) is 0. The first-order chi connectivity index (χ1) is 8.61. The van der Waals surface area contributed by atoms with Crippen molar-refractivity contribution in [2.75, 3.05) is 13.1 Å². The van der Waals surface area contributed by atoms with Gasteiger partial charge in [0.15, 0.2) is 5.76 Å². The van der Waals surface area contributed by atoms with Gasteiger partial charge in [-0.05, 0) is 24.8 Å². The van der Waals surface area contributed by atoms with Crippen molar-refractivity contribution in [3.63, 3.8) is 0 Å². The van der Waals surface area contributed by atoms with Crippen molar-refractivity contribution in [1.82, 2.24) is 4.90 Å². The minimum absolute atomic E-state index is 0.0439. The normalized spacial score (nSPS) is 13.9. The van der Waals surface area contributed by atoms with Crippen LogP contribution >= 0.6 is 0 Å². The van der Waals surface area contributed by atoms with E-state index in [9.17, 15) is 14.9 Å². The molecule has 0 N–H and O–H groups in total. The summed E-state index contributed by atoms with van der Waals surface area (Å²) in [7, 11) is 0. The number of amides is 1. The van der Waals surface area contributed by atoms with Crippen LogP contribution in [0.15, 0.2) is 16.5 Å². The van der Waals surface area contributed by atoms with Gasteiger partial charge in [-0.15, -0.1) is 6.42 Å². The van der Waals surface area contributed by atoms with Crippen LogP contribution in [0.3, 0.4) is 0 Å². The maximum absolute atomic E-state index is 12.0. The van der Waals surface area contributed by atoms with E-state index in [1.165, 1.54) is 17.0 Å². The van der Waals surface area contributed by atoms with Gasteiger partial charge in [0.05, 0.1) is 12.6 Å². The number of hydrogen-bond acceptors (Lipinski definition) is 4. The average molecular weight is 248 g/mol. The van der Waals surface area contributed by atoms with E-state index in [1.807, 2.05) is 0 Å². The predicted molar refractivity (Wildman–Crippen MR) is 62.8 cm³/mol. The van der Waals surface area contributed by atoms with Crippen molar-refractivity contribution in [2.45, 2.75) is 12.8 Å². The Labute approximate surface area is 104 Å². The van der Waals surface area contributed by atoms with Crippen LogP contribution in [0.5, 0.6) is 0 Å². The molecule has 1 saturated carbocycles. The highest BCUT2D eigenvalue weighted by molar-refractivity contribution is 5.92. The van der Waals surface area contributed by atoms with E-state index in [1.54, 1.807) is 0 Å². The van der Waals surface area contributed by atoms with Gasteiger partial charge in [0.2, 0.25) is 0 Å². The molecule has 0 radical (unpaired) electrons. The Morgan fingerprint density at radius 2 is 2.33 bits per heavy atom. The number of nitro groups is 1. The molecular formula is C12H12N2O4. The van der Waals surface area contributed by atoms with E-state index in [-0.39, 0.29) is 12.3 Å². The van der Waals surface area contributed by atoms with Crippen molar-refractivity contribution in [2.24, 2.45) is 5.92 Å². The van der Waals surface area contributed by atoms with E-state index in [0.717, 1.165) is 12.8 Å². The van der Waals surface area contributed by atoms with Gasteiger partial charge < -0.3 is 9.32 Å². The number of nitrogens with zero attached hydrogens (tertiary/aromatic N) is 2. The molecule has 0 aliphatic heterocycles. The van der Waals surface area contributed by atoms with E-state index >= 15 is 0 Å². The van der Waals surface area contributed by atoms with Gasteiger partial charge >= 0.3 is 5.88 Å². The molecule has 1 aromatic heterocycles. The van der Waals surface area contributed by atoms with Crippen LogP contribution in [0.1, 0.15) is 23.4 Å². The van der Waals surface area contributed by atoms with Gasteiger partial charge in [-0.25, -0.2) is 0 Å². The third-order valence-corrected chi connectivity index (χ3v) is 2.73. The van der Waals surface area contributed by atoms with Gasteiger partial charge in [0.25, 0.3) is 5.91 Å². The van der Waals surface area contributed by atoms with Gasteiger partial charge in [-0.3, -0.25) is 14.9 Å². The Morgan fingerprint density at radius 3 is 2.83 bits per heavy atom. The Kier molecular flexibility index (Phi) is 3.33. The molecule has 0 unspecified atom stereocenters. The minimum Gasteiger partial charge on any atom is -0.395 e. The van der Waals surface area contributed by atoms with Crippen LogP contribution in [0.2, 0.25) is 0 Å². The molecule has 0 saturated heterocycles. The number of terminal acetylenes is 1. The summed E-state index contributed by atoms with van der Waals surface area (Å²) in [5.74, 6) is 2.02. The first-order valence-corrected chi connectivity index (χ1v) is 5.58. The SMILES string of the molecule is C#CCN(CC1CC1)C(=O)c1ccc([N+](=O)[O-])o1. The zero-order chi connectivity index (χ0) is 13.1. The number of carbonyl (C=O) groups is 1. The van der Waals surface area contributed by atoms with Gasteiger partial charge in [0, 0.05) is 6.54 Å². The molecule has 6 heteroatoms. The molecule has 1 fully saturated rings. The molecule has 0 bridgehead atoms. The van der Waals surface area contributed by atoms with Crippen molar-refractivity contribution in [1.29, 1.82) is 0 Å². The molecule has 0 spiro atoms. The Bertz CT molecular complexity index is 510. The third-order valence-electron chi connectivity index (χ3n) is 2.73. The smallest absolute Gasteiger partial charge is 0.395 e. The molecule has 1 aliphatic rings. The fraction of sp³-hybridized carbons (Fsp3) is 0.417. The standard InChI is InChI=1S/C12H12N2O4/c1-2-7-13(8-9-3-4-9)12(15)10-5-6-11(18-10)14(16)17/h1,5-6,9H,3-4,7-8H2. The Morgan fingerprint density at radius 1 is 1.61 bits per heavy atom. The number of hydrogen-bond donors (Lipinski definition) is 0. The largest absolute Gasteiger partial charge is 0.433 e. The summed E-state index contributed by atoms with van der Waals surface area (Å²) in [6, 6.07) is 2.47. The van der Waals surface area contributed by atoms with Crippen LogP contribution in [0, 0.1) is 28.4 Å². The van der Waals surface area contributed by atoms with Crippen LogP contribution in [0.4, 0.5) is 5.88 Å². The van der Waals surface area contributed by atoms with Crippen molar-refractivity contribution in [3.05, 3.63) is 28.0 Å². The maximum Gasteiger partial charge on any atom is 0.433 e. The van der Waals surface area contributed by atoms with Crippen LogP contribution in [0.25, 0.3) is 0 Å². The summed E-state index contributed by atoms with van der Waals surface area (Å²) in [4.78, 5) is 23.3. The first-order valence-electron chi connectivity index (χ1n) is 5.58. The van der Waals surface area contributed by atoms with Crippen molar-refractivity contribution in [3.8, 4) is 12.3 Å². The Balaban J connectivity index is 2.10. The summed E-state index contributed by atoms with van der Waals surface area (Å²) >= 11 is 0. The molecular weight excluding hydrogens is 236 g/mol. The van der Waals surface area contributed by atoms with Crippen molar-refractivity contribution < 1.29 is 14.1 Å². The zero-order valence-electron chi connectivity index (χ0n) is 9.67. The van der Waals surface area contributed by atoms with Crippen LogP contribution in [-0.4, -0.2) is 28.8 Å². The minimum atomic E-state index is -0.677. The van der Waals surface area contributed by atoms with Gasteiger partial charge in [-0.2, -0.15) is 0 Å². The fourth-order valence-electron chi connectivity index (χ4n) is 1.64. The third kappa shape index (κ3) is 2.69. The van der Waals surface area contributed by atoms with Gasteiger partial charge in [0.1, 0.15) is 4.92 Å². The fourth-order valence-corrected chi connectivity index (χ4v) is 1.64. The van der Waals surface area contributed by atoms with Gasteiger partial charge in [-0.1, -0.05) is 5.92 Å². The molecule has 0 aromatic carbocycles. The van der Waals surface area contributed by atoms with E-state index < -0.39 is 16.7 Å². The number of rotatable bonds is 5. The molecule has 94 valence electrons. The predicted octanol–water partition coefficient (Wildman–Crippen LogP) is 1.67. The summed E-state index contributed by atoms with van der Waals surface area (Å²) in [6.07, 6.45) is 7.39. The number of furan rings is 1. The lowest BCUT2D eigenvalue weighted by molar-refractivity contribution is -0.402. The quantitative estimate of drug-likeness (QED) is 0.451. The first kappa shape index (κ1) is 12.2. The average Bonchev–Trinajstić information content (AvgIpc) is 3.01. The van der Waals surface area contributed by atoms with Crippen LogP contribution in [-0.2, 0) is 0 Å². The second-order valence-electron chi connectivity index (χ2n) is 4.23. The summed E-state index contributed by atoms with van der Waals surface area (Å²) in [5, 5.41) is 10.5. The van der Waals surface area contributed by atoms with E-state index in [4.69, 9.17) is 10.8 Å². The van der Waals surface area contributed by atoms with E-state index in [2.05, 4.69) is 5.92 Å². The highest BCUT2D eigenvalue weighted by atomic mass is 16.6. The van der Waals surface area contributed by atoms with E-state index in [0.29, 0.717) is 12.5 Å². The lowest BCUT2D eigenvalue weighted by Crippen LogP contribution is -2.33. The lowest BCUT2D eigenvalue weighted by Gasteiger charge is -2.18. The zero-order valence-corrected chi connectivity index (χ0v) is 9.67. The Hall–Kier alpha value is -2.29. The summed E-state index contributed by atoms with van der Waals surface area (Å²) in [6.45, 7) is 0.765. The molecule has 1 heterocycles. The summed E-state index contributed by atoms with van der Waals surface area (Å²) < 4.78 is 4.88. The molecule has 1 amide bonds. The monoisotopic (exact) mass is 248 g/mol. The second kappa shape index (κ2) is 4.92.